The first-order chi connectivity index (χ1) is 12.2. The van der Waals surface area contributed by atoms with Crippen molar-refractivity contribution in [2.45, 2.75) is 31.8 Å². The van der Waals surface area contributed by atoms with Crippen LogP contribution in [0.25, 0.3) is 5.69 Å². The quantitative estimate of drug-likeness (QED) is 0.764. The predicted octanol–water partition coefficient (Wildman–Crippen LogP) is 2.26. The topological polar surface area (TPSA) is 75.6 Å². The molecule has 0 fully saturated rings. The molecule has 1 atom stereocenters. The van der Waals surface area contributed by atoms with Gasteiger partial charge in [0.2, 0.25) is 5.56 Å². The highest BCUT2D eigenvalue weighted by Crippen LogP contribution is 2.27. The first kappa shape index (κ1) is 15.7. The summed E-state index contributed by atoms with van der Waals surface area (Å²) in [6.45, 7) is 0.553. The van der Waals surface area contributed by atoms with Gasteiger partial charge in [0, 0.05) is 24.3 Å². The Balaban J connectivity index is 1.49. The number of pyridine rings is 1. The molecule has 1 aromatic carbocycles. The Morgan fingerprint density at radius 3 is 3.04 bits per heavy atom. The van der Waals surface area contributed by atoms with Gasteiger partial charge in [-0.2, -0.15) is 5.10 Å². The molecule has 0 aliphatic heterocycles. The average molecular weight is 339 g/mol. The molecule has 1 unspecified atom stereocenters. The Morgan fingerprint density at radius 2 is 2.24 bits per heavy atom. The van der Waals surface area contributed by atoms with Gasteiger partial charge in [0.25, 0.3) is 0 Å². The summed E-state index contributed by atoms with van der Waals surface area (Å²) in [4.78, 5) is 18.2. The van der Waals surface area contributed by atoms with E-state index in [0.29, 0.717) is 12.2 Å². The molecule has 2 N–H and O–H groups in total. The minimum atomic E-state index is -0.335. The van der Waals surface area contributed by atoms with Crippen LogP contribution in [0.3, 0.4) is 0 Å². The number of halogens is 1. The molecule has 2 aromatic heterocycles. The molecular formula is C18H18FN5O. The van der Waals surface area contributed by atoms with E-state index in [2.05, 4.69) is 20.4 Å². The normalized spacial score (nSPS) is 16.6. The second-order valence-electron chi connectivity index (χ2n) is 6.21. The highest BCUT2D eigenvalue weighted by Gasteiger charge is 2.20. The fourth-order valence-corrected chi connectivity index (χ4v) is 3.33. The molecule has 6 nitrogen and oxygen atoms in total. The van der Waals surface area contributed by atoms with Crippen LogP contribution in [0, 0.1) is 5.82 Å². The lowest BCUT2D eigenvalue weighted by molar-refractivity contribution is 0.452. The van der Waals surface area contributed by atoms with Crippen molar-refractivity contribution in [2.75, 3.05) is 0 Å². The Hall–Kier alpha value is -2.80. The Morgan fingerprint density at radius 1 is 1.32 bits per heavy atom. The third-order valence-corrected chi connectivity index (χ3v) is 4.56. The standard InChI is InChI=1S/C18H18FN5O/c19-14-8-12(4-6-17(14)24-11-20-10-22-24)9-21-15-2-1-3-16-13(15)5-7-18(25)23-16/h4-8,10-11,15,21H,1-3,9H2,(H,23,25). The number of aryl methyl sites for hydroxylation is 1. The smallest absolute Gasteiger partial charge is 0.248 e. The zero-order chi connectivity index (χ0) is 17.2. The number of fused-ring (bicyclic) bond motifs is 1. The summed E-state index contributed by atoms with van der Waals surface area (Å²) in [7, 11) is 0. The van der Waals surface area contributed by atoms with E-state index >= 15 is 0 Å². The van der Waals surface area contributed by atoms with Gasteiger partial charge in [-0.05, 0) is 42.5 Å². The van der Waals surface area contributed by atoms with Gasteiger partial charge in [-0.1, -0.05) is 12.1 Å². The molecule has 0 radical (unpaired) electrons. The molecular weight excluding hydrogens is 321 g/mol. The Labute approximate surface area is 143 Å². The molecule has 0 spiro atoms. The summed E-state index contributed by atoms with van der Waals surface area (Å²) < 4.78 is 15.7. The molecule has 1 aliphatic rings. The van der Waals surface area contributed by atoms with Gasteiger partial charge < -0.3 is 10.3 Å². The van der Waals surface area contributed by atoms with Crippen molar-refractivity contribution in [1.82, 2.24) is 25.1 Å². The van der Waals surface area contributed by atoms with Crippen LogP contribution in [0.1, 0.15) is 35.7 Å². The molecule has 2 heterocycles. The largest absolute Gasteiger partial charge is 0.326 e. The van der Waals surface area contributed by atoms with Crippen LogP contribution in [0.2, 0.25) is 0 Å². The zero-order valence-electron chi connectivity index (χ0n) is 13.6. The number of nitrogens with zero attached hydrogens (tertiary/aromatic N) is 3. The number of rotatable bonds is 4. The van der Waals surface area contributed by atoms with Crippen LogP contribution in [-0.4, -0.2) is 19.7 Å². The number of hydrogen-bond donors (Lipinski definition) is 2. The number of benzene rings is 1. The molecule has 25 heavy (non-hydrogen) atoms. The maximum absolute atomic E-state index is 14.3. The number of aromatic amines is 1. The highest BCUT2D eigenvalue weighted by atomic mass is 19.1. The van der Waals surface area contributed by atoms with Gasteiger partial charge in [-0.3, -0.25) is 4.79 Å². The first-order valence-corrected chi connectivity index (χ1v) is 8.29. The summed E-state index contributed by atoms with van der Waals surface area (Å²) in [6, 6.07) is 8.71. The molecule has 3 aromatic rings. The van der Waals surface area contributed by atoms with E-state index in [0.717, 1.165) is 36.1 Å². The third-order valence-electron chi connectivity index (χ3n) is 4.56. The number of aromatic nitrogens is 4. The van der Waals surface area contributed by atoms with E-state index in [-0.39, 0.29) is 17.4 Å². The molecule has 0 bridgehead atoms. The highest BCUT2D eigenvalue weighted by molar-refractivity contribution is 5.35. The van der Waals surface area contributed by atoms with Gasteiger partial charge in [0.15, 0.2) is 0 Å². The monoisotopic (exact) mass is 339 g/mol. The van der Waals surface area contributed by atoms with Crippen molar-refractivity contribution in [3.63, 3.8) is 0 Å². The fraction of sp³-hybridized carbons (Fsp3) is 0.278. The fourth-order valence-electron chi connectivity index (χ4n) is 3.33. The summed E-state index contributed by atoms with van der Waals surface area (Å²) >= 11 is 0. The van der Waals surface area contributed by atoms with Crippen LogP contribution in [0.4, 0.5) is 4.39 Å². The van der Waals surface area contributed by atoms with E-state index in [1.807, 2.05) is 12.1 Å². The summed E-state index contributed by atoms with van der Waals surface area (Å²) in [6.07, 6.45) is 5.75. The summed E-state index contributed by atoms with van der Waals surface area (Å²) in [5.41, 5.74) is 3.31. The van der Waals surface area contributed by atoms with E-state index in [1.54, 1.807) is 12.1 Å². The van der Waals surface area contributed by atoms with Gasteiger partial charge in [-0.15, -0.1) is 0 Å². The van der Waals surface area contributed by atoms with Crippen LogP contribution in [0.5, 0.6) is 0 Å². The minimum Gasteiger partial charge on any atom is -0.326 e. The van der Waals surface area contributed by atoms with Crippen molar-refractivity contribution < 1.29 is 4.39 Å². The zero-order valence-corrected chi connectivity index (χ0v) is 13.6. The Kier molecular flexibility index (Phi) is 4.15. The van der Waals surface area contributed by atoms with Crippen LogP contribution in [0.15, 0.2) is 47.8 Å². The number of H-pyrrole nitrogens is 1. The lowest BCUT2D eigenvalue weighted by Gasteiger charge is -2.26. The number of hydrogen-bond acceptors (Lipinski definition) is 4. The summed E-state index contributed by atoms with van der Waals surface area (Å²) in [5, 5.41) is 7.42. The van der Waals surface area contributed by atoms with E-state index in [9.17, 15) is 9.18 Å². The van der Waals surface area contributed by atoms with Crippen molar-refractivity contribution in [3.8, 4) is 5.69 Å². The van der Waals surface area contributed by atoms with Crippen LogP contribution < -0.4 is 10.9 Å². The maximum atomic E-state index is 14.3. The minimum absolute atomic E-state index is 0.0647. The lowest BCUT2D eigenvalue weighted by Crippen LogP contribution is -2.27. The summed E-state index contributed by atoms with van der Waals surface area (Å²) in [5.74, 6) is -0.335. The van der Waals surface area contributed by atoms with Crippen molar-refractivity contribution in [3.05, 3.63) is 76.0 Å². The molecule has 0 saturated carbocycles. The van der Waals surface area contributed by atoms with E-state index in [1.165, 1.54) is 23.4 Å². The maximum Gasteiger partial charge on any atom is 0.248 e. The van der Waals surface area contributed by atoms with Gasteiger partial charge >= 0.3 is 0 Å². The SMILES string of the molecule is O=c1ccc2c([nH]1)CCCC2NCc1ccc(-n2cncn2)c(F)c1. The average Bonchev–Trinajstić information content (AvgIpc) is 3.14. The molecule has 128 valence electrons. The van der Waals surface area contributed by atoms with Gasteiger partial charge in [0.05, 0.1) is 0 Å². The van der Waals surface area contributed by atoms with E-state index in [4.69, 9.17) is 0 Å². The molecule has 0 saturated heterocycles. The van der Waals surface area contributed by atoms with Crippen molar-refractivity contribution in [1.29, 1.82) is 0 Å². The predicted molar refractivity (Wildman–Crippen MR) is 90.9 cm³/mol. The van der Waals surface area contributed by atoms with E-state index < -0.39 is 0 Å². The molecule has 0 amide bonds. The Bertz CT molecular complexity index is 935. The second kappa shape index (κ2) is 6.60. The van der Waals surface area contributed by atoms with Crippen molar-refractivity contribution >= 4 is 0 Å². The number of nitrogens with one attached hydrogen (secondary N) is 2. The third kappa shape index (κ3) is 3.23. The van der Waals surface area contributed by atoms with Crippen LogP contribution >= 0.6 is 0 Å². The van der Waals surface area contributed by atoms with Gasteiger partial charge in [-0.25, -0.2) is 14.1 Å². The first-order valence-electron chi connectivity index (χ1n) is 8.29. The molecule has 4 rings (SSSR count). The molecule has 7 heteroatoms. The van der Waals surface area contributed by atoms with Gasteiger partial charge in [0.1, 0.15) is 24.2 Å². The van der Waals surface area contributed by atoms with Crippen molar-refractivity contribution in [2.24, 2.45) is 0 Å². The lowest BCUT2D eigenvalue weighted by atomic mass is 9.91. The second-order valence-corrected chi connectivity index (χ2v) is 6.21. The van der Waals surface area contributed by atoms with Crippen LogP contribution in [-0.2, 0) is 13.0 Å². The molecule has 1 aliphatic carbocycles.